The highest BCUT2D eigenvalue weighted by Crippen LogP contribution is 2.29. The molecule has 0 fully saturated rings. The lowest BCUT2D eigenvalue weighted by atomic mass is 10.1. The molecular weight excluding hydrogens is 292 g/mol. The Bertz CT molecular complexity index is 617. The highest BCUT2D eigenvalue weighted by Gasteiger charge is 2.14. The summed E-state index contributed by atoms with van der Waals surface area (Å²) >= 11 is 0. The Labute approximate surface area is 136 Å². The Balaban J connectivity index is 2.02. The van der Waals surface area contributed by atoms with Crippen LogP contribution in [-0.2, 0) is 0 Å². The van der Waals surface area contributed by atoms with Crippen LogP contribution in [0, 0.1) is 0 Å². The predicted molar refractivity (Wildman–Crippen MR) is 89.6 cm³/mol. The number of carbonyl (C=O) groups is 1. The zero-order valence-corrected chi connectivity index (χ0v) is 13.2. The van der Waals surface area contributed by atoms with E-state index in [-0.39, 0.29) is 18.7 Å². The number of ether oxygens (including phenoxy) is 1. The molecule has 1 atom stereocenters. The molecule has 0 aliphatic heterocycles. The van der Waals surface area contributed by atoms with Gasteiger partial charge >= 0.3 is 6.03 Å². The first-order valence-corrected chi connectivity index (χ1v) is 7.67. The molecule has 0 radical (unpaired) electrons. The topological polar surface area (TPSA) is 70.6 Å². The molecule has 3 N–H and O–H groups in total. The Hall–Kier alpha value is -2.53. The summed E-state index contributed by atoms with van der Waals surface area (Å²) in [7, 11) is 0. The van der Waals surface area contributed by atoms with Gasteiger partial charge in [0.2, 0.25) is 0 Å². The molecule has 0 aromatic heterocycles. The Morgan fingerprint density at radius 3 is 2.57 bits per heavy atom. The number of aliphatic hydroxyl groups excluding tert-OH is 1. The van der Waals surface area contributed by atoms with E-state index in [1.807, 2.05) is 61.5 Å². The second-order valence-electron chi connectivity index (χ2n) is 5.15. The number of aliphatic hydroxyl groups is 1. The van der Waals surface area contributed by atoms with Crippen LogP contribution in [0.1, 0.15) is 24.9 Å². The monoisotopic (exact) mass is 314 g/mol. The summed E-state index contributed by atoms with van der Waals surface area (Å²) in [5, 5.41) is 14.3. The third-order valence-electron chi connectivity index (χ3n) is 3.32. The molecule has 2 rings (SSSR count). The lowest BCUT2D eigenvalue weighted by Gasteiger charge is -2.18. The number of para-hydroxylation sites is 2. The summed E-state index contributed by atoms with van der Waals surface area (Å²) in [6.45, 7) is 2.40. The van der Waals surface area contributed by atoms with Crippen molar-refractivity contribution in [3.05, 3.63) is 60.2 Å². The zero-order chi connectivity index (χ0) is 16.5. The smallest absolute Gasteiger partial charge is 0.315 e. The third-order valence-corrected chi connectivity index (χ3v) is 3.32. The SMILES string of the molecule is CC(NC(=O)NCCCO)c1ccccc1Oc1ccccc1. The quantitative estimate of drug-likeness (QED) is 0.687. The van der Waals surface area contributed by atoms with E-state index in [9.17, 15) is 4.79 Å². The molecule has 0 saturated carbocycles. The highest BCUT2D eigenvalue weighted by atomic mass is 16.5. The summed E-state index contributed by atoms with van der Waals surface area (Å²) in [6.07, 6.45) is 0.537. The number of carbonyl (C=O) groups excluding carboxylic acids is 1. The van der Waals surface area contributed by atoms with Gasteiger partial charge in [-0.1, -0.05) is 36.4 Å². The first kappa shape index (κ1) is 16.8. The minimum absolute atomic E-state index is 0.0591. The molecule has 23 heavy (non-hydrogen) atoms. The van der Waals surface area contributed by atoms with E-state index in [2.05, 4.69) is 10.6 Å². The Morgan fingerprint density at radius 2 is 1.83 bits per heavy atom. The summed E-state index contributed by atoms with van der Waals surface area (Å²) < 4.78 is 5.91. The van der Waals surface area contributed by atoms with E-state index < -0.39 is 0 Å². The molecule has 0 saturated heterocycles. The lowest BCUT2D eigenvalue weighted by molar-refractivity contribution is 0.235. The average molecular weight is 314 g/mol. The molecule has 0 bridgehead atoms. The van der Waals surface area contributed by atoms with Crippen molar-refractivity contribution in [1.82, 2.24) is 10.6 Å². The lowest BCUT2D eigenvalue weighted by Crippen LogP contribution is -2.37. The number of urea groups is 1. The van der Waals surface area contributed by atoms with Crippen molar-refractivity contribution >= 4 is 6.03 Å². The molecule has 2 aromatic rings. The van der Waals surface area contributed by atoms with Crippen LogP contribution >= 0.6 is 0 Å². The van der Waals surface area contributed by atoms with Gasteiger partial charge in [0.25, 0.3) is 0 Å². The molecule has 122 valence electrons. The van der Waals surface area contributed by atoms with Crippen LogP contribution in [0.25, 0.3) is 0 Å². The van der Waals surface area contributed by atoms with Gasteiger partial charge in [0, 0.05) is 18.7 Å². The number of hydrogen-bond donors (Lipinski definition) is 3. The standard InChI is InChI=1S/C18H22N2O3/c1-14(20-18(22)19-12-7-13-21)16-10-5-6-11-17(16)23-15-8-3-2-4-9-15/h2-6,8-11,14,21H,7,12-13H2,1H3,(H2,19,20,22). The maximum atomic E-state index is 11.8. The predicted octanol–water partition coefficient (Wildman–Crippen LogP) is 3.22. The fourth-order valence-corrected chi connectivity index (χ4v) is 2.15. The third kappa shape index (κ3) is 5.30. The van der Waals surface area contributed by atoms with Crippen LogP contribution in [0.4, 0.5) is 4.79 Å². The van der Waals surface area contributed by atoms with E-state index in [0.717, 1.165) is 11.3 Å². The Kier molecular flexibility index (Phi) is 6.44. The fourth-order valence-electron chi connectivity index (χ4n) is 2.15. The summed E-state index contributed by atoms with van der Waals surface area (Å²) in [4.78, 5) is 11.8. The first-order chi connectivity index (χ1) is 11.2. The van der Waals surface area contributed by atoms with Crippen LogP contribution in [0.2, 0.25) is 0 Å². The number of rotatable bonds is 7. The van der Waals surface area contributed by atoms with Crippen LogP contribution < -0.4 is 15.4 Å². The van der Waals surface area contributed by atoms with Crippen molar-refractivity contribution in [3.63, 3.8) is 0 Å². The van der Waals surface area contributed by atoms with Crippen molar-refractivity contribution in [2.45, 2.75) is 19.4 Å². The van der Waals surface area contributed by atoms with E-state index >= 15 is 0 Å². The molecule has 0 aliphatic carbocycles. The zero-order valence-electron chi connectivity index (χ0n) is 13.2. The van der Waals surface area contributed by atoms with E-state index in [4.69, 9.17) is 9.84 Å². The summed E-state index contributed by atoms with van der Waals surface area (Å²) in [5.74, 6) is 1.46. The van der Waals surface area contributed by atoms with E-state index in [1.54, 1.807) is 0 Å². The van der Waals surface area contributed by atoms with Gasteiger partial charge in [-0.15, -0.1) is 0 Å². The molecule has 2 aromatic carbocycles. The second-order valence-corrected chi connectivity index (χ2v) is 5.15. The van der Waals surface area contributed by atoms with Crippen molar-refractivity contribution in [2.24, 2.45) is 0 Å². The minimum Gasteiger partial charge on any atom is -0.457 e. The van der Waals surface area contributed by atoms with Gasteiger partial charge in [-0.3, -0.25) is 0 Å². The molecule has 0 heterocycles. The number of hydrogen-bond acceptors (Lipinski definition) is 3. The number of amides is 2. The van der Waals surface area contributed by atoms with Crippen LogP contribution in [-0.4, -0.2) is 24.3 Å². The van der Waals surface area contributed by atoms with Gasteiger partial charge < -0.3 is 20.5 Å². The second kappa shape index (κ2) is 8.80. The summed E-state index contributed by atoms with van der Waals surface area (Å²) in [6, 6.07) is 16.7. The van der Waals surface area contributed by atoms with Gasteiger partial charge in [0.05, 0.1) is 6.04 Å². The Morgan fingerprint density at radius 1 is 1.13 bits per heavy atom. The average Bonchev–Trinajstić information content (AvgIpc) is 2.56. The van der Waals surface area contributed by atoms with Crippen molar-refractivity contribution in [1.29, 1.82) is 0 Å². The largest absolute Gasteiger partial charge is 0.457 e. The van der Waals surface area contributed by atoms with Gasteiger partial charge in [0.15, 0.2) is 0 Å². The van der Waals surface area contributed by atoms with Gasteiger partial charge in [0.1, 0.15) is 11.5 Å². The van der Waals surface area contributed by atoms with Gasteiger partial charge in [-0.25, -0.2) is 4.79 Å². The normalized spacial score (nSPS) is 11.6. The molecule has 0 spiro atoms. The summed E-state index contributed by atoms with van der Waals surface area (Å²) in [5.41, 5.74) is 0.897. The van der Waals surface area contributed by atoms with Crippen LogP contribution in [0.15, 0.2) is 54.6 Å². The molecule has 1 unspecified atom stereocenters. The maximum absolute atomic E-state index is 11.8. The molecule has 2 amide bonds. The van der Waals surface area contributed by atoms with Crippen LogP contribution in [0.5, 0.6) is 11.5 Å². The van der Waals surface area contributed by atoms with Gasteiger partial charge in [-0.2, -0.15) is 0 Å². The molecular formula is C18H22N2O3. The first-order valence-electron chi connectivity index (χ1n) is 7.67. The molecule has 5 heteroatoms. The van der Waals surface area contributed by atoms with E-state index in [0.29, 0.717) is 18.7 Å². The van der Waals surface area contributed by atoms with Crippen molar-refractivity contribution in [2.75, 3.05) is 13.2 Å². The fraction of sp³-hybridized carbons (Fsp3) is 0.278. The number of benzene rings is 2. The maximum Gasteiger partial charge on any atom is 0.315 e. The number of nitrogens with one attached hydrogen (secondary N) is 2. The van der Waals surface area contributed by atoms with Crippen molar-refractivity contribution in [3.8, 4) is 11.5 Å². The van der Waals surface area contributed by atoms with Crippen molar-refractivity contribution < 1.29 is 14.6 Å². The van der Waals surface area contributed by atoms with E-state index in [1.165, 1.54) is 0 Å². The minimum atomic E-state index is -0.263. The van der Waals surface area contributed by atoms with Crippen LogP contribution in [0.3, 0.4) is 0 Å². The van der Waals surface area contributed by atoms with Gasteiger partial charge in [-0.05, 0) is 31.5 Å². The molecule has 5 nitrogen and oxygen atoms in total. The highest BCUT2D eigenvalue weighted by molar-refractivity contribution is 5.74. The molecule has 0 aliphatic rings.